The molecule has 0 amide bonds. The zero-order valence-corrected chi connectivity index (χ0v) is 10.6. The van der Waals surface area contributed by atoms with Gasteiger partial charge in [-0.15, -0.1) is 0 Å². The molecule has 0 aliphatic heterocycles. The van der Waals surface area contributed by atoms with Crippen LogP contribution in [0.25, 0.3) is 0 Å². The van der Waals surface area contributed by atoms with Crippen molar-refractivity contribution in [2.45, 2.75) is 44.7 Å². The molecule has 0 heterocycles. The van der Waals surface area contributed by atoms with Crippen molar-refractivity contribution in [3.63, 3.8) is 0 Å². The Kier molecular flexibility index (Phi) is 3.67. The molecule has 3 N–H and O–H groups in total. The standard InChI is InChI=1S/C14H21N3/c1-3-10(2)16-14(15)17-13-9-12(13)11-7-5-4-6-8-11/h4-8,10,12-13H,3,9H2,1-2H3,(H3,15,16,17). The summed E-state index contributed by atoms with van der Waals surface area (Å²) < 4.78 is 0. The van der Waals surface area contributed by atoms with E-state index in [0.717, 1.165) is 12.8 Å². The molecule has 1 aliphatic carbocycles. The van der Waals surface area contributed by atoms with Gasteiger partial charge in [-0.2, -0.15) is 0 Å². The second-order valence-electron chi connectivity index (χ2n) is 4.79. The molecule has 0 aromatic heterocycles. The van der Waals surface area contributed by atoms with Crippen molar-refractivity contribution in [1.29, 1.82) is 0 Å². The number of hydrogen-bond donors (Lipinski definition) is 2. The monoisotopic (exact) mass is 231 g/mol. The Morgan fingerprint density at radius 1 is 1.47 bits per heavy atom. The van der Waals surface area contributed by atoms with Crippen molar-refractivity contribution in [2.75, 3.05) is 0 Å². The highest BCUT2D eigenvalue weighted by Crippen LogP contribution is 2.43. The molecular weight excluding hydrogens is 210 g/mol. The number of rotatable bonds is 4. The Bertz CT molecular complexity index is 386. The zero-order valence-electron chi connectivity index (χ0n) is 10.6. The van der Waals surface area contributed by atoms with E-state index in [2.05, 4.69) is 48.4 Å². The van der Waals surface area contributed by atoms with Gasteiger partial charge in [-0.25, -0.2) is 4.99 Å². The van der Waals surface area contributed by atoms with Gasteiger partial charge in [0, 0.05) is 12.0 Å². The molecule has 1 saturated carbocycles. The van der Waals surface area contributed by atoms with Crippen LogP contribution in [0.4, 0.5) is 0 Å². The number of benzene rings is 1. The molecule has 1 aromatic carbocycles. The fourth-order valence-electron chi connectivity index (χ4n) is 1.95. The van der Waals surface area contributed by atoms with Crippen LogP contribution in [0.2, 0.25) is 0 Å². The van der Waals surface area contributed by atoms with E-state index in [9.17, 15) is 0 Å². The highest BCUT2D eigenvalue weighted by atomic mass is 15.1. The van der Waals surface area contributed by atoms with E-state index in [1.165, 1.54) is 5.56 Å². The molecule has 2 rings (SSSR count). The summed E-state index contributed by atoms with van der Waals surface area (Å²) in [5.41, 5.74) is 7.24. The van der Waals surface area contributed by atoms with E-state index < -0.39 is 0 Å². The molecule has 3 nitrogen and oxygen atoms in total. The third-order valence-corrected chi connectivity index (χ3v) is 3.30. The average Bonchev–Trinajstić information content (AvgIpc) is 3.09. The van der Waals surface area contributed by atoms with E-state index in [1.54, 1.807) is 0 Å². The quantitative estimate of drug-likeness (QED) is 0.617. The number of nitrogens with zero attached hydrogens (tertiary/aromatic N) is 1. The molecule has 1 aromatic rings. The second kappa shape index (κ2) is 5.21. The summed E-state index contributed by atoms with van der Waals surface area (Å²) in [7, 11) is 0. The molecule has 0 spiro atoms. The smallest absolute Gasteiger partial charge is 0.189 e. The van der Waals surface area contributed by atoms with Crippen molar-refractivity contribution in [3.8, 4) is 0 Å². The molecule has 3 atom stereocenters. The van der Waals surface area contributed by atoms with Crippen molar-refractivity contribution in [1.82, 2.24) is 5.32 Å². The minimum absolute atomic E-state index is 0.369. The molecule has 92 valence electrons. The normalized spacial score (nSPS) is 25.4. The number of hydrogen-bond acceptors (Lipinski definition) is 1. The lowest BCUT2D eigenvalue weighted by Crippen LogP contribution is -2.38. The summed E-state index contributed by atoms with van der Waals surface area (Å²) >= 11 is 0. The lowest BCUT2D eigenvalue weighted by molar-refractivity contribution is 0.636. The van der Waals surface area contributed by atoms with E-state index in [4.69, 9.17) is 5.73 Å². The predicted octanol–water partition coefficient (Wildman–Crippen LogP) is 2.25. The maximum Gasteiger partial charge on any atom is 0.189 e. The summed E-state index contributed by atoms with van der Waals surface area (Å²) in [4.78, 5) is 4.52. The first-order chi connectivity index (χ1) is 8.20. The van der Waals surface area contributed by atoms with Gasteiger partial charge in [0.2, 0.25) is 0 Å². The maximum atomic E-state index is 5.87. The molecule has 17 heavy (non-hydrogen) atoms. The fourth-order valence-corrected chi connectivity index (χ4v) is 1.95. The highest BCUT2D eigenvalue weighted by molar-refractivity contribution is 5.78. The molecule has 0 saturated heterocycles. The Labute approximate surface area is 103 Å². The maximum absolute atomic E-state index is 5.87. The Balaban J connectivity index is 1.89. The van der Waals surface area contributed by atoms with Crippen LogP contribution in [0.1, 0.15) is 38.2 Å². The third kappa shape index (κ3) is 3.22. The first-order valence-corrected chi connectivity index (χ1v) is 6.35. The van der Waals surface area contributed by atoms with Gasteiger partial charge in [0.1, 0.15) is 0 Å². The summed E-state index contributed by atoms with van der Waals surface area (Å²) in [5, 5.41) is 3.20. The molecular formula is C14H21N3. The van der Waals surface area contributed by atoms with E-state index in [-0.39, 0.29) is 0 Å². The van der Waals surface area contributed by atoms with Gasteiger partial charge in [0.25, 0.3) is 0 Å². The van der Waals surface area contributed by atoms with Gasteiger partial charge < -0.3 is 11.1 Å². The van der Waals surface area contributed by atoms with Crippen molar-refractivity contribution in [2.24, 2.45) is 10.7 Å². The van der Waals surface area contributed by atoms with Crippen LogP contribution < -0.4 is 11.1 Å². The SMILES string of the molecule is CCC(C)NC(N)=NC1CC1c1ccccc1. The van der Waals surface area contributed by atoms with Crippen molar-refractivity contribution >= 4 is 5.96 Å². The first-order valence-electron chi connectivity index (χ1n) is 6.35. The van der Waals surface area contributed by atoms with Gasteiger partial charge in [0.15, 0.2) is 5.96 Å². The van der Waals surface area contributed by atoms with Crippen molar-refractivity contribution in [3.05, 3.63) is 35.9 Å². The Hall–Kier alpha value is -1.51. The number of nitrogens with two attached hydrogens (primary N) is 1. The van der Waals surface area contributed by atoms with E-state index in [0.29, 0.717) is 24.0 Å². The number of aliphatic imine (C=N–C) groups is 1. The predicted molar refractivity (Wildman–Crippen MR) is 72.1 cm³/mol. The average molecular weight is 231 g/mol. The van der Waals surface area contributed by atoms with Gasteiger partial charge in [-0.3, -0.25) is 0 Å². The largest absolute Gasteiger partial charge is 0.370 e. The summed E-state index contributed by atoms with van der Waals surface area (Å²) in [6.45, 7) is 4.25. The van der Waals surface area contributed by atoms with Crippen LogP contribution in [0, 0.1) is 0 Å². The van der Waals surface area contributed by atoms with Crippen LogP contribution >= 0.6 is 0 Å². The Morgan fingerprint density at radius 2 is 2.18 bits per heavy atom. The summed E-state index contributed by atoms with van der Waals surface area (Å²) in [6.07, 6.45) is 2.18. The van der Waals surface area contributed by atoms with Crippen LogP contribution in [0.3, 0.4) is 0 Å². The topological polar surface area (TPSA) is 50.4 Å². The van der Waals surface area contributed by atoms with Gasteiger partial charge in [0.05, 0.1) is 6.04 Å². The second-order valence-corrected chi connectivity index (χ2v) is 4.79. The first kappa shape index (κ1) is 12.0. The summed E-state index contributed by atoms with van der Waals surface area (Å²) in [6, 6.07) is 11.3. The molecule has 3 heteroatoms. The van der Waals surface area contributed by atoms with Gasteiger partial charge >= 0.3 is 0 Å². The molecule has 0 bridgehead atoms. The van der Waals surface area contributed by atoms with E-state index >= 15 is 0 Å². The molecule has 1 aliphatic rings. The van der Waals surface area contributed by atoms with Gasteiger partial charge in [-0.05, 0) is 25.3 Å². The Morgan fingerprint density at radius 3 is 2.82 bits per heavy atom. The molecule has 1 fully saturated rings. The van der Waals surface area contributed by atoms with Gasteiger partial charge in [-0.1, -0.05) is 37.3 Å². The fraction of sp³-hybridized carbons (Fsp3) is 0.500. The van der Waals surface area contributed by atoms with Crippen LogP contribution in [0.15, 0.2) is 35.3 Å². The highest BCUT2D eigenvalue weighted by Gasteiger charge is 2.38. The van der Waals surface area contributed by atoms with Crippen molar-refractivity contribution < 1.29 is 0 Å². The minimum atomic E-state index is 0.369. The zero-order chi connectivity index (χ0) is 12.3. The summed E-state index contributed by atoms with van der Waals surface area (Å²) in [5.74, 6) is 1.15. The number of nitrogens with one attached hydrogen (secondary N) is 1. The minimum Gasteiger partial charge on any atom is -0.370 e. The van der Waals surface area contributed by atoms with E-state index in [1.807, 2.05) is 6.07 Å². The lowest BCUT2D eigenvalue weighted by Gasteiger charge is -2.11. The van der Waals surface area contributed by atoms with Crippen LogP contribution in [0.5, 0.6) is 0 Å². The lowest BCUT2D eigenvalue weighted by atomic mass is 10.1. The van der Waals surface area contributed by atoms with Crippen LogP contribution in [-0.2, 0) is 0 Å². The molecule has 3 unspecified atom stereocenters. The third-order valence-electron chi connectivity index (χ3n) is 3.30. The van der Waals surface area contributed by atoms with Crippen LogP contribution in [-0.4, -0.2) is 18.0 Å². The number of guanidine groups is 1. The molecule has 0 radical (unpaired) electrons.